The summed E-state index contributed by atoms with van der Waals surface area (Å²) in [4.78, 5) is 23.2. The number of nitrogens with zero attached hydrogens (tertiary/aromatic N) is 3. The number of anilines is 1. The maximum atomic E-state index is 11.1. The van der Waals surface area contributed by atoms with Gasteiger partial charge in [0.15, 0.2) is 11.0 Å². The molecule has 4 rings (SSSR count). The minimum atomic E-state index is -1.09. The molecule has 1 heterocycles. The Morgan fingerprint density at radius 1 is 1.14 bits per heavy atom. The van der Waals surface area contributed by atoms with Crippen LogP contribution in [-0.4, -0.2) is 28.3 Å². The van der Waals surface area contributed by atoms with Gasteiger partial charge in [-0.25, -0.2) is 9.98 Å². The smallest absolute Gasteiger partial charge is 0.171 e. The molecular formula is C23H24N3O2S-. The summed E-state index contributed by atoms with van der Waals surface area (Å²) in [5.74, 6) is -0.435. The van der Waals surface area contributed by atoms with E-state index >= 15 is 0 Å². The molecule has 0 radical (unpaired) electrons. The quantitative estimate of drug-likeness (QED) is 0.767. The number of carboxylic acid groups (broad SMARTS) is 1. The average molecular weight is 407 g/mol. The third-order valence-corrected chi connectivity index (χ3v) is 6.40. The Balaban J connectivity index is 1.82. The van der Waals surface area contributed by atoms with Crippen LogP contribution >= 0.6 is 11.8 Å². The van der Waals surface area contributed by atoms with E-state index in [1.807, 2.05) is 30.3 Å². The zero-order chi connectivity index (χ0) is 20.3. The number of carbonyl (C=O) groups is 1. The van der Waals surface area contributed by atoms with Crippen molar-refractivity contribution in [3.8, 4) is 0 Å². The van der Waals surface area contributed by atoms with Crippen molar-refractivity contribution in [2.75, 3.05) is 10.7 Å². The van der Waals surface area contributed by atoms with Gasteiger partial charge in [-0.2, -0.15) is 0 Å². The lowest BCUT2D eigenvalue weighted by atomic mass is 9.79. The van der Waals surface area contributed by atoms with E-state index in [-0.39, 0.29) is 11.3 Å². The van der Waals surface area contributed by atoms with Gasteiger partial charge in [0.1, 0.15) is 5.54 Å². The van der Waals surface area contributed by atoms with Gasteiger partial charge in [-0.1, -0.05) is 61.4 Å². The fourth-order valence-electron chi connectivity index (χ4n) is 4.22. The van der Waals surface area contributed by atoms with Crippen LogP contribution < -0.4 is 10.0 Å². The molecule has 0 amide bonds. The Bertz CT molecular complexity index is 950. The first-order valence-electron chi connectivity index (χ1n) is 10.0. The van der Waals surface area contributed by atoms with Crippen LogP contribution in [0.15, 0.2) is 64.6 Å². The number of hydrogen-bond donors (Lipinski definition) is 0. The van der Waals surface area contributed by atoms with E-state index in [0.717, 1.165) is 48.5 Å². The first-order valence-corrected chi connectivity index (χ1v) is 11.0. The van der Waals surface area contributed by atoms with Crippen LogP contribution in [0.3, 0.4) is 0 Å². The molecule has 29 heavy (non-hydrogen) atoms. The highest BCUT2D eigenvalue weighted by Gasteiger charge is 2.49. The molecule has 1 aliphatic heterocycles. The van der Waals surface area contributed by atoms with Crippen molar-refractivity contribution in [1.29, 1.82) is 0 Å². The van der Waals surface area contributed by atoms with Crippen molar-refractivity contribution in [2.24, 2.45) is 9.98 Å². The van der Waals surface area contributed by atoms with Gasteiger partial charge < -0.3 is 14.8 Å². The Labute approximate surface area is 175 Å². The molecule has 6 heteroatoms. The van der Waals surface area contributed by atoms with Gasteiger partial charge >= 0.3 is 0 Å². The molecule has 2 aromatic rings. The molecule has 1 saturated carbocycles. The van der Waals surface area contributed by atoms with Gasteiger partial charge in [-0.15, -0.1) is 0 Å². The Hall–Kier alpha value is -2.60. The molecule has 0 atom stereocenters. The van der Waals surface area contributed by atoms with E-state index in [9.17, 15) is 9.90 Å². The van der Waals surface area contributed by atoms with Crippen LogP contribution in [0.5, 0.6) is 0 Å². The fourth-order valence-corrected chi connectivity index (χ4v) is 5.02. The molecule has 1 spiro atoms. The number of aliphatic imine (C=N–C) groups is 2. The number of benzene rings is 2. The maximum absolute atomic E-state index is 11.1. The summed E-state index contributed by atoms with van der Waals surface area (Å²) in [6.45, 7) is 2.05. The van der Waals surface area contributed by atoms with E-state index in [1.165, 1.54) is 18.2 Å². The standard InChI is InChI=1S/C23H25N3O2S/c1-17-9-8-10-18(15-17)24-21-23(13-6-3-7-14-23)26(19-11-4-2-5-12-19)22(25-21)29-16-20(27)28/h2,4-5,8-12,15H,3,6-7,13-14,16H2,1H3,(H,27,28)/p-1. The van der Waals surface area contributed by atoms with Crippen molar-refractivity contribution in [3.05, 3.63) is 60.2 Å². The normalized spacial score (nSPS) is 19.6. The van der Waals surface area contributed by atoms with Crippen molar-refractivity contribution in [1.82, 2.24) is 0 Å². The zero-order valence-electron chi connectivity index (χ0n) is 16.5. The van der Waals surface area contributed by atoms with Crippen LogP contribution in [0, 0.1) is 6.92 Å². The molecule has 0 unspecified atom stereocenters. The second-order valence-electron chi connectivity index (χ2n) is 7.59. The Morgan fingerprint density at radius 3 is 2.59 bits per heavy atom. The predicted octanol–water partition coefficient (Wildman–Crippen LogP) is 4.09. The zero-order valence-corrected chi connectivity index (χ0v) is 17.3. The van der Waals surface area contributed by atoms with Crippen LogP contribution in [0.2, 0.25) is 0 Å². The number of rotatable bonds is 4. The monoisotopic (exact) mass is 406 g/mol. The highest BCUT2D eigenvalue weighted by Crippen LogP contribution is 2.44. The number of amidine groups is 2. The van der Waals surface area contributed by atoms with Gasteiger partial charge in [0, 0.05) is 11.4 Å². The van der Waals surface area contributed by atoms with Gasteiger partial charge in [0.2, 0.25) is 0 Å². The van der Waals surface area contributed by atoms with E-state index in [0.29, 0.717) is 5.17 Å². The fraction of sp³-hybridized carbons (Fsp3) is 0.348. The molecule has 1 fully saturated rings. The highest BCUT2D eigenvalue weighted by molar-refractivity contribution is 8.14. The topological polar surface area (TPSA) is 68.1 Å². The highest BCUT2D eigenvalue weighted by atomic mass is 32.2. The van der Waals surface area contributed by atoms with E-state index in [1.54, 1.807) is 0 Å². The molecule has 0 N–H and O–H groups in total. The van der Waals surface area contributed by atoms with Gasteiger partial charge in [-0.3, -0.25) is 0 Å². The summed E-state index contributed by atoms with van der Waals surface area (Å²) in [5.41, 5.74) is 2.72. The molecular weight excluding hydrogens is 382 g/mol. The SMILES string of the molecule is Cc1cccc(N=C2N=C(SCC(=O)[O-])N(c3ccccc3)C23CCCCC3)c1. The van der Waals surface area contributed by atoms with Gasteiger partial charge in [0.05, 0.1) is 11.7 Å². The van der Waals surface area contributed by atoms with Crippen LogP contribution in [0.25, 0.3) is 0 Å². The summed E-state index contributed by atoms with van der Waals surface area (Å²) in [6.07, 6.45) is 5.30. The van der Waals surface area contributed by atoms with Crippen molar-refractivity contribution in [3.63, 3.8) is 0 Å². The van der Waals surface area contributed by atoms with E-state index in [4.69, 9.17) is 9.98 Å². The maximum Gasteiger partial charge on any atom is 0.171 e. The van der Waals surface area contributed by atoms with Crippen LogP contribution in [-0.2, 0) is 4.79 Å². The van der Waals surface area contributed by atoms with E-state index < -0.39 is 5.97 Å². The molecule has 2 aliphatic rings. The number of aryl methyl sites for hydroxylation is 1. The van der Waals surface area contributed by atoms with Crippen LogP contribution in [0.1, 0.15) is 37.7 Å². The largest absolute Gasteiger partial charge is 0.549 e. The number of aliphatic carboxylic acids is 1. The lowest BCUT2D eigenvalue weighted by Gasteiger charge is -2.42. The first-order chi connectivity index (χ1) is 14.1. The third kappa shape index (κ3) is 4.08. The van der Waals surface area contributed by atoms with E-state index in [2.05, 4.69) is 36.1 Å². The lowest BCUT2D eigenvalue weighted by molar-refractivity contribution is -0.301. The number of para-hydroxylation sites is 1. The Morgan fingerprint density at radius 2 is 1.90 bits per heavy atom. The molecule has 0 saturated heterocycles. The second-order valence-corrected chi connectivity index (χ2v) is 8.54. The summed E-state index contributed by atoms with van der Waals surface area (Å²) in [6, 6.07) is 18.2. The number of carbonyl (C=O) groups excluding carboxylic acids is 1. The average Bonchev–Trinajstić information content (AvgIpc) is 3.00. The number of thioether (sulfide) groups is 1. The molecule has 2 aromatic carbocycles. The van der Waals surface area contributed by atoms with Crippen molar-refractivity contribution >= 4 is 40.1 Å². The number of carboxylic acids is 1. The second kappa shape index (κ2) is 8.41. The van der Waals surface area contributed by atoms with Crippen molar-refractivity contribution < 1.29 is 9.90 Å². The third-order valence-electron chi connectivity index (χ3n) is 5.49. The minimum Gasteiger partial charge on any atom is -0.549 e. The van der Waals surface area contributed by atoms with Crippen LogP contribution in [0.4, 0.5) is 11.4 Å². The summed E-state index contributed by atoms with van der Waals surface area (Å²) >= 11 is 1.21. The molecule has 0 bridgehead atoms. The molecule has 5 nitrogen and oxygen atoms in total. The summed E-state index contributed by atoms with van der Waals surface area (Å²) in [7, 11) is 0. The molecule has 1 aliphatic carbocycles. The predicted molar refractivity (Wildman–Crippen MR) is 118 cm³/mol. The number of hydrogen-bond acceptors (Lipinski definition) is 5. The van der Waals surface area contributed by atoms with Crippen molar-refractivity contribution in [2.45, 2.75) is 44.6 Å². The lowest BCUT2D eigenvalue weighted by Crippen LogP contribution is -2.53. The van der Waals surface area contributed by atoms with Gasteiger partial charge in [0.25, 0.3) is 0 Å². The molecule has 150 valence electrons. The molecule has 0 aromatic heterocycles. The summed E-state index contributed by atoms with van der Waals surface area (Å²) < 4.78 is 0. The minimum absolute atomic E-state index is 0.129. The summed E-state index contributed by atoms with van der Waals surface area (Å²) in [5, 5.41) is 11.8. The first kappa shape index (κ1) is 19.7. The van der Waals surface area contributed by atoms with Gasteiger partial charge in [-0.05, 0) is 49.6 Å². The Kier molecular flexibility index (Phi) is 5.72.